The van der Waals surface area contributed by atoms with Gasteiger partial charge < -0.3 is 10.3 Å². The number of anilines is 1. The maximum absolute atomic E-state index is 12.0. The Morgan fingerprint density at radius 1 is 1.63 bits per heavy atom. The summed E-state index contributed by atoms with van der Waals surface area (Å²) in [6, 6.07) is 5.88. The SMILES string of the molecule is CN(CCC#N)C(=O)c1ccc(NN)c([N+](=O)[O-])c1. The lowest BCUT2D eigenvalue weighted by Gasteiger charge is -2.15. The molecule has 0 aliphatic carbocycles. The van der Waals surface area contributed by atoms with Gasteiger partial charge in [-0.2, -0.15) is 5.26 Å². The summed E-state index contributed by atoms with van der Waals surface area (Å²) in [4.78, 5) is 23.5. The average Bonchev–Trinajstić information content (AvgIpc) is 2.42. The van der Waals surface area contributed by atoms with Crippen LogP contribution < -0.4 is 11.3 Å². The highest BCUT2D eigenvalue weighted by atomic mass is 16.6. The number of hydrogen-bond donors (Lipinski definition) is 2. The molecule has 0 saturated carbocycles. The van der Waals surface area contributed by atoms with Gasteiger partial charge in [0, 0.05) is 25.2 Å². The Kier molecular flexibility index (Phi) is 4.79. The summed E-state index contributed by atoms with van der Waals surface area (Å²) >= 11 is 0. The fraction of sp³-hybridized carbons (Fsp3) is 0.273. The van der Waals surface area contributed by atoms with Gasteiger partial charge in [-0.25, -0.2) is 0 Å². The van der Waals surface area contributed by atoms with Crippen LogP contribution in [0.15, 0.2) is 18.2 Å². The number of hydrogen-bond acceptors (Lipinski definition) is 6. The van der Waals surface area contributed by atoms with Crippen LogP contribution >= 0.6 is 0 Å². The fourth-order valence-electron chi connectivity index (χ4n) is 1.48. The molecule has 0 bridgehead atoms. The Balaban J connectivity index is 3.02. The van der Waals surface area contributed by atoms with Gasteiger partial charge in [-0.15, -0.1) is 0 Å². The van der Waals surface area contributed by atoms with Gasteiger partial charge >= 0.3 is 0 Å². The molecule has 0 aromatic heterocycles. The van der Waals surface area contributed by atoms with E-state index >= 15 is 0 Å². The van der Waals surface area contributed by atoms with E-state index in [2.05, 4.69) is 5.43 Å². The quantitative estimate of drug-likeness (QED) is 0.461. The number of nitro groups is 1. The summed E-state index contributed by atoms with van der Waals surface area (Å²) in [5.74, 6) is 4.77. The third-order valence-electron chi connectivity index (χ3n) is 2.50. The minimum atomic E-state index is -0.624. The molecule has 0 aliphatic heterocycles. The van der Waals surface area contributed by atoms with Crippen molar-refractivity contribution in [3.8, 4) is 6.07 Å². The molecule has 8 heteroatoms. The molecule has 8 nitrogen and oxygen atoms in total. The first-order valence-corrected chi connectivity index (χ1v) is 5.38. The normalized spacial score (nSPS) is 9.53. The molecule has 0 heterocycles. The molecule has 0 radical (unpaired) electrons. The maximum atomic E-state index is 12.0. The molecular formula is C11H13N5O3. The molecule has 0 saturated heterocycles. The third-order valence-corrected chi connectivity index (χ3v) is 2.50. The van der Waals surface area contributed by atoms with E-state index in [9.17, 15) is 14.9 Å². The summed E-state index contributed by atoms with van der Waals surface area (Å²) in [7, 11) is 1.53. The number of rotatable bonds is 5. The molecule has 1 aromatic rings. The second-order valence-corrected chi connectivity index (χ2v) is 3.77. The Morgan fingerprint density at radius 2 is 2.32 bits per heavy atom. The van der Waals surface area contributed by atoms with E-state index in [0.717, 1.165) is 6.07 Å². The maximum Gasteiger partial charge on any atom is 0.294 e. The van der Waals surface area contributed by atoms with Crippen molar-refractivity contribution in [2.45, 2.75) is 6.42 Å². The number of carbonyl (C=O) groups excluding carboxylic acids is 1. The van der Waals surface area contributed by atoms with Gasteiger partial charge in [-0.1, -0.05) is 0 Å². The second-order valence-electron chi connectivity index (χ2n) is 3.77. The monoisotopic (exact) mass is 263 g/mol. The van der Waals surface area contributed by atoms with Gasteiger partial charge in [-0.3, -0.25) is 20.8 Å². The Morgan fingerprint density at radius 3 is 2.84 bits per heavy atom. The summed E-state index contributed by atoms with van der Waals surface area (Å²) in [5, 5.41) is 19.3. The van der Waals surface area contributed by atoms with Gasteiger partial charge in [0.25, 0.3) is 11.6 Å². The smallest absolute Gasteiger partial charge is 0.294 e. The standard InChI is InChI=1S/C11H13N5O3/c1-15(6-2-5-12)11(17)8-3-4-9(14-13)10(7-8)16(18)19/h3-4,7,14H,2,6,13H2,1H3. The molecule has 19 heavy (non-hydrogen) atoms. The molecule has 0 aliphatic rings. The number of amides is 1. The zero-order valence-corrected chi connectivity index (χ0v) is 10.3. The van der Waals surface area contributed by atoms with Crippen molar-refractivity contribution in [3.05, 3.63) is 33.9 Å². The molecule has 1 aromatic carbocycles. The lowest BCUT2D eigenvalue weighted by atomic mass is 10.1. The number of carbonyl (C=O) groups is 1. The van der Waals surface area contributed by atoms with Crippen molar-refractivity contribution >= 4 is 17.3 Å². The molecule has 100 valence electrons. The van der Waals surface area contributed by atoms with Crippen molar-refractivity contribution in [1.29, 1.82) is 5.26 Å². The van der Waals surface area contributed by atoms with Gasteiger partial charge in [0.2, 0.25) is 0 Å². The summed E-state index contributed by atoms with van der Waals surface area (Å²) in [6.45, 7) is 0.264. The van der Waals surface area contributed by atoms with E-state index in [4.69, 9.17) is 11.1 Å². The number of nitriles is 1. The van der Waals surface area contributed by atoms with E-state index < -0.39 is 4.92 Å². The molecule has 0 unspecified atom stereocenters. The van der Waals surface area contributed by atoms with Gasteiger partial charge in [0.1, 0.15) is 5.69 Å². The minimum absolute atomic E-state index is 0.126. The minimum Gasteiger partial charge on any atom is -0.341 e. The lowest BCUT2D eigenvalue weighted by molar-refractivity contribution is -0.384. The van der Waals surface area contributed by atoms with Crippen molar-refractivity contribution < 1.29 is 9.72 Å². The Bertz CT molecular complexity index is 538. The molecule has 1 rings (SSSR count). The predicted octanol–water partition coefficient (Wildman–Crippen LogP) is 0.866. The van der Waals surface area contributed by atoms with Crippen LogP contribution in [0.3, 0.4) is 0 Å². The predicted molar refractivity (Wildman–Crippen MR) is 68.1 cm³/mol. The highest BCUT2D eigenvalue weighted by Crippen LogP contribution is 2.25. The van der Waals surface area contributed by atoms with E-state index in [1.165, 1.54) is 24.1 Å². The van der Waals surface area contributed by atoms with E-state index in [1.54, 1.807) is 0 Å². The van der Waals surface area contributed by atoms with Crippen LogP contribution in [-0.2, 0) is 0 Å². The number of nitro benzene ring substituents is 1. The van der Waals surface area contributed by atoms with Crippen LogP contribution in [0, 0.1) is 21.4 Å². The summed E-state index contributed by atoms with van der Waals surface area (Å²) in [5.41, 5.74) is 2.22. The first-order valence-electron chi connectivity index (χ1n) is 5.38. The molecule has 0 fully saturated rings. The molecule has 1 amide bonds. The van der Waals surface area contributed by atoms with Crippen LogP contribution in [0.4, 0.5) is 11.4 Å². The number of nitrogens with zero attached hydrogens (tertiary/aromatic N) is 3. The second kappa shape index (κ2) is 6.32. The molecule has 0 atom stereocenters. The number of hydrazine groups is 1. The van der Waals surface area contributed by atoms with Crippen LogP contribution in [0.2, 0.25) is 0 Å². The molecule has 0 spiro atoms. The number of nitrogen functional groups attached to an aromatic ring is 1. The van der Waals surface area contributed by atoms with Crippen LogP contribution in [-0.4, -0.2) is 29.3 Å². The molecule has 3 N–H and O–H groups in total. The summed E-state index contributed by atoms with van der Waals surface area (Å²) < 4.78 is 0. The van der Waals surface area contributed by atoms with E-state index in [0.29, 0.717) is 0 Å². The topological polar surface area (TPSA) is 125 Å². The average molecular weight is 263 g/mol. The van der Waals surface area contributed by atoms with Crippen molar-refractivity contribution in [3.63, 3.8) is 0 Å². The van der Waals surface area contributed by atoms with Gasteiger partial charge in [0.15, 0.2) is 0 Å². The fourth-order valence-corrected chi connectivity index (χ4v) is 1.48. The van der Waals surface area contributed by atoms with Crippen molar-refractivity contribution in [1.82, 2.24) is 4.90 Å². The number of nitrogens with one attached hydrogen (secondary N) is 1. The first-order chi connectivity index (χ1) is 9.01. The van der Waals surface area contributed by atoms with E-state index in [1.807, 2.05) is 6.07 Å². The largest absolute Gasteiger partial charge is 0.341 e. The lowest BCUT2D eigenvalue weighted by Crippen LogP contribution is -2.27. The highest BCUT2D eigenvalue weighted by Gasteiger charge is 2.18. The number of benzene rings is 1. The van der Waals surface area contributed by atoms with Crippen LogP contribution in [0.5, 0.6) is 0 Å². The zero-order valence-electron chi connectivity index (χ0n) is 10.3. The van der Waals surface area contributed by atoms with Gasteiger partial charge in [0.05, 0.1) is 17.4 Å². The Hall–Kier alpha value is -2.66. The molecular weight excluding hydrogens is 250 g/mol. The van der Waals surface area contributed by atoms with Crippen molar-refractivity contribution in [2.24, 2.45) is 5.84 Å². The highest BCUT2D eigenvalue weighted by molar-refractivity contribution is 5.95. The third kappa shape index (κ3) is 3.40. The summed E-state index contributed by atoms with van der Waals surface area (Å²) in [6.07, 6.45) is 0.201. The van der Waals surface area contributed by atoms with Crippen LogP contribution in [0.25, 0.3) is 0 Å². The Labute approximate surface area is 109 Å². The van der Waals surface area contributed by atoms with Crippen molar-refractivity contribution in [2.75, 3.05) is 19.0 Å². The van der Waals surface area contributed by atoms with Gasteiger partial charge in [-0.05, 0) is 12.1 Å². The van der Waals surface area contributed by atoms with E-state index in [-0.39, 0.29) is 35.8 Å². The number of nitrogens with two attached hydrogens (primary N) is 1. The zero-order chi connectivity index (χ0) is 14.4. The first kappa shape index (κ1) is 14.4. The van der Waals surface area contributed by atoms with Crippen LogP contribution in [0.1, 0.15) is 16.8 Å².